The van der Waals surface area contributed by atoms with Gasteiger partial charge in [0.2, 0.25) is 0 Å². The van der Waals surface area contributed by atoms with Crippen LogP contribution in [0.1, 0.15) is 5.82 Å². The lowest BCUT2D eigenvalue weighted by molar-refractivity contribution is 0.637. The van der Waals surface area contributed by atoms with E-state index in [1.54, 1.807) is 34.9 Å². The van der Waals surface area contributed by atoms with E-state index in [4.69, 9.17) is 34.8 Å². The van der Waals surface area contributed by atoms with Crippen molar-refractivity contribution in [1.29, 1.82) is 0 Å². The number of hydrogen-bond donors (Lipinski definition) is 0. The van der Waals surface area contributed by atoms with E-state index in [-0.39, 0.29) is 11.3 Å². The highest BCUT2D eigenvalue weighted by atomic mass is 35.5. The summed E-state index contributed by atoms with van der Waals surface area (Å²) in [4.78, 5) is 4.35. The van der Waals surface area contributed by atoms with Crippen molar-refractivity contribution in [3.63, 3.8) is 0 Å². The quantitative estimate of drug-likeness (QED) is 0.594. The molecule has 2 aromatic carbocycles. The van der Waals surface area contributed by atoms with Gasteiger partial charge in [-0.2, -0.15) is 0 Å². The molecule has 1 aromatic heterocycles. The van der Waals surface area contributed by atoms with E-state index in [9.17, 15) is 4.39 Å². The summed E-state index contributed by atoms with van der Waals surface area (Å²) in [6, 6.07) is 10.0. The number of para-hydroxylation sites is 2. The lowest BCUT2D eigenvalue weighted by atomic mass is 10.2. The number of fused-ring (bicyclic) bond motifs is 1. The summed E-state index contributed by atoms with van der Waals surface area (Å²) in [5, 5.41) is 0.948. The van der Waals surface area contributed by atoms with Crippen LogP contribution in [0.2, 0.25) is 10.0 Å². The van der Waals surface area contributed by atoms with Crippen LogP contribution in [0.3, 0.4) is 0 Å². The van der Waals surface area contributed by atoms with Gasteiger partial charge in [0.15, 0.2) is 5.82 Å². The Balaban J connectivity index is 2.40. The second-order valence-corrected chi connectivity index (χ2v) is 5.67. The molecule has 0 radical (unpaired) electrons. The fourth-order valence-corrected chi connectivity index (χ4v) is 3.05. The molecule has 0 amide bonds. The van der Waals surface area contributed by atoms with Crippen LogP contribution in [-0.4, -0.2) is 15.4 Å². The van der Waals surface area contributed by atoms with E-state index in [1.807, 2.05) is 0 Å². The SMILES string of the molecule is Fc1cccc2c1nc(CCCl)n2-c1c(Cl)cccc1Cl. The third kappa shape index (κ3) is 2.50. The lowest BCUT2D eigenvalue weighted by Gasteiger charge is -2.12. The molecule has 0 aliphatic rings. The lowest BCUT2D eigenvalue weighted by Crippen LogP contribution is -2.03. The second-order valence-electron chi connectivity index (χ2n) is 4.48. The van der Waals surface area contributed by atoms with Gasteiger partial charge in [-0.1, -0.05) is 35.3 Å². The molecule has 0 saturated carbocycles. The molecule has 2 nitrogen and oxygen atoms in total. The van der Waals surface area contributed by atoms with Crippen LogP contribution in [0, 0.1) is 5.82 Å². The van der Waals surface area contributed by atoms with E-state index in [1.165, 1.54) is 6.07 Å². The number of benzene rings is 2. The van der Waals surface area contributed by atoms with E-state index >= 15 is 0 Å². The maximum Gasteiger partial charge on any atom is 0.151 e. The van der Waals surface area contributed by atoms with Crippen molar-refractivity contribution < 1.29 is 4.39 Å². The van der Waals surface area contributed by atoms with Gasteiger partial charge in [0.05, 0.1) is 21.2 Å². The molecule has 0 atom stereocenters. The molecule has 0 fully saturated rings. The van der Waals surface area contributed by atoms with E-state index in [2.05, 4.69) is 4.98 Å². The van der Waals surface area contributed by atoms with Gasteiger partial charge in [-0.3, -0.25) is 4.57 Å². The van der Waals surface area contributed by atoms with Crippen molar-refractivity contribution in [2.75, 3.05) is 5.88 Å². The number of rotatable bonds is 3. The smallest absolute Gasteiger partial charge is 0.151 e. The fraction of sp³-hybridized carbons (Fsp3) is 0.133. The van der Waals surface area contributed by atoms with Gasteiger partial charge in [0.25, 0.3) is 0 Å². The Kier molecular flexibility index (Phi) is 4.07. The molecule has 0 bridgehead atoms. The first kappa shape index (κ1) is 14.6. The van der Waals surface area contributed by atoms with E-state index < -0.39 is 0 Å². The Morgan fingerprint density at radius 1 is 1.05 bits per heavy atom. The summed E-state index contributed by atoms with van der Waals surface area (Å²) in [7, 11) is 0. The highest BCUT2D eigenvalue weighted by molar-refractivity contribution is 6.37. The van der Waals surface area contributed by atoms with Crippen molar-refractivity contribution in [2.24, 2.45) is 0 Å². The Labute approximate surface area is 136 Å². The molecule has 3 rings (SSSR count). The van der Waals surface area contributed by atoms with Crippen LogP contribution < -0.4 is 0 Å². The first-order valence-corrected chi connectivity index (χ1v) is 7.58. The molecule has 108 valence electrons. The van der Waals surface area contributed by atoms with Crippen LogP contribution >= 0.6 is 34.8 Å². The Morgan fingerprint density at radius 3 is 2.38 bits per heavy atom. The second kappa shape index (κ2) is 5.84. The predicted octanol–water partition coefficient (Wildman–Crippen LogP) is 5.25. The van der Waals surface area contributed by atoms with Crippen LogP contribution in [0.4, 0.5) is 4.39 Å². The zero-order valence-electron chi connectivity index (χ0n) is 10.8. The first-order chi connectivity index (χ1) is 10.1. The van der Waals surface area contributed by atoms with Crippen molar-refractivity contribution in [2.45, 2.75) is 6.42 Å². The van der Waals surface area contributed by atoms with Gasteiger partial charge in [-0.15, -0.1) is 11.6 Å². The van der Waals surface area contributed by atoms with Gasteiger partial charge in [0, 0.05) is 12.3 Å². The fourth-order valence-electron chi connectivity index (χ4n) is 2.32. The third-order valence-electron chi connectivity index (χ3n) is 3.18. The average molecular weight is 344 g/mol. The van der Waals surface area contributed by atoms with Crippen LogP contribution in [0.5, 0.6) is 0 Å². The van der Waals surface area contributed by atoms with Crippen LogP contribution in [0.25, 0.3) is 16.7 Å². The molecule has 0 saturated heterocycles. The zero-order valence-corrected chi connectivity index (χ0v) is 13.1. The minimum Gasteiger partial charge on any atom is -0.293 e. The molecule has 0 spiro atoms. The topological polar surface area (TPSA) is 17.8 Å². The highest BCUT2D eigenvalue weighted by Gasteiger charge is 2.18. The number of nitrogens with zero attached hydrogens (tertiary/aromatic N) is 2. The van der Waals surface area contributed by atoms with Crippen molar-refractivity contribution in [1.82, 2.24) is 9.55 Å². The molecule has 0 N–H and O–H groups in total. The summed E-state index contributed by atoms with van der Waals surface area (Å²) in [5.74, 6) is 0.609. The zero-order chi connectivity index (χ0) is 15.0. The molecule has 6 heteroatoms. The van der Waals surface area contributed by atoms with E-state index in [0.717, 1.165) is 0 Å². The molecule has 21 heavy (non-hydrogen) atoms. The Hall–Kier alpha value is -1.29. The number of hydrogen-bond acceptors (Lipinski definition) is 1. The highest BCUT2D eigenvalue weighted by Crippen LogP contribution is 2.33. The van der Waals surface area contributed by atoms with Gasteiger partial charge in [-0.05, 0) is 24.3 Å². The predicted molar refractivity (Wildman–Crippen MR) is 85.5 cm³/mol. The molecule has 3 aromatic rings. The molecule has 0 unspecified atom stereocenters. The van der Waals surface area contributed by atoms with Crippen LogP contribution in [-0.2, 0) is 6.42 Å². The maximum absolute atomic E-state index is 14.0. The molecule has 0 aliphatic carbocycles. The van der Waals surface area contributed by atoms with Crippen molar-refractivity contribution in [3.05, 3.63) is 58.1 Å². The number of imidazole rings is 1. The van der Waals surface area contributed by atoms with Gasteiger partial charge < -0.3 is 0 Å². The number of halogens is 4. The third-order valence-corrected chi connectivity index (χ3v) is 3.98. The normalized spacial score (nSPS) is 11.2. The molecular formula is C15H10Cl3FN2. The summed E-state index contributed by atoms with van der Waals surface area (Å²) in [6.07, 6.45) is 0.483. The van der Waals surface area contributed by atoms with Gasteiger partial charge in [0.1, 0.15) is 11.3 Å². The first-order valence-electron chi connectivity index (χ1n) is 6.29. The minimum atomic E-state index is -0.384. The number of alkyl halides is 1. The number of aryl methyl sites for hydroxylation is 1. The largest absolute Gasteiger partial charge is 0.293 e. The van der Waals surface area contributed by atoms with Gasteiger partial charge >= 0.3 is 0 Å². The standard InChI is InChI=1S/C15H10Cl3FN2/c16-8-7-13-20-14-11(19)5-2-6-12(14)21(13)15-9(17)3-1-4-10(15)18/h1-6H,7-8H2. The van der Waals surface area contributed by atoms with Crippen LogP contribution in [0.15, 0.2) is 36.4 Å². The molecular weight excluding hydrogens is 334 g/mol. The average Bonchev–Trinajstić information content (AvgIpc) is 2.80. The summed E-state index contributed by atoms with van der Waals surface area (Å²) >= 11 is 18.4. The Bertz CT molecular complexity index is 794. The van der Waals surface area contributed by atoms with Gasteiger partial charge in [-0.25, -0.2) is 9.37 Å². The Morgan fingerprint density at radius 2 is 1.71 bits per heavy atom. The monoisotopic (exact) mass is 342 g/mol. The molecule has 0 aliphatic heterocycles. The summed E-state index contributed by atoms with van der Waals surface area (Å²) in [5.41, 5.74) is 1.49. The summed E-state index contributed by atoms with van der Waals surface area (Å²) in [6.45, 7) is 0. The maximum atomic E-state index is 14.0. The van der Waals surface area contributed by atoms with Crippen molar-refractivity contribution in [3.8, 4) is 5.69 Å². The number of aromatic nitrogens is 2. The van der Waals surface area contributed by atoms with Crippen molar-refractivity contribution >= 4 is 45.8 Å². The summed E-state index contributed by atoms with van der Waals surface area (Å²) < 4.78 is 15.7. The van der Waals surface area contributed by atoms with E-state index in [0.29, 0.717) is 39.4 Å². The molecule has 1 heterocycles. The minimum absolute atomic E-state index is 0.286.